The Labute approximate surface area is 231 Å². The summed E-state index contributed by atoms with van der Waals surface area (Å²) in [6.07, 6.45) is 5.07. The lowest BCUT2D eigenvalue weighted by atomic mass is 9.68. The van der Waals surface area contributed by atoms with Crippen molar-refractivity contribution in [3.05, 3.63) is 82.7 Å². The summed E-state index contributed by atoms with van der Waals surface area (Å²) in [7, 11) is 0. The van der Waals surface area contributed by atoms with Crippen LogP contribution in [-0.2, 0) is 11.2 Å². The molecule has 4 heteroatoms. The van der Waals surface area contributed by atoms with Gasteiger partial charge in [-0.15, -0.1) is 0 Å². The molecule has 6 rings (SSSR count). The largest absolute Gasteiger partial charge is 0.298 e. The Bertz CT molecular complexity index is 1800. The first-order chi connectivity index (χ1) is 18.6. The third kappa shape index (κ3) is 3.63. The van der Waals surface area contributed by atoms with Gasteiger partial charge in [0, 0.05) is 17.7 Å². The van der Waals surface area contributed by atoms with Crippen molar-refractivity contribution in [1.29, 1.82) is 5.26 Å². The van der Waals surface area contributed by atoms with Crippen molar-refractivity contribution < 1.29 is 8.96 Å². The Morgan fingerprint density at radius 2 is 1.59 bits per heavy atom. The van der Waals surface area contributed by atoms with Crippen molar-refractivity contribution in [1.82, 2.24) is 4.40 Å². The predicted molar refractivity (Wildman–Crippen MR) is 160 cm³/mol. The average molecular weight is 521 g/mol. The zero-order valence-electron chi connectivity index (χ0n) is 24.5. The number of rotatable bonds is 3. The lowest BCUT2D eigenvalue weighted by molar-refractivity contribution is -0.781. The summed E-state index contributed by atoms with van der Waals surface area (Å²) in [5.41, 5.74) is 8.15. The van der Waals surface area contributed by atoms with Crippen LogP contribution in [0.2, 0.25) is 0 Å². The number of alkyl halides is 1. The Kier molecular flexibility index (Phi) is 6.54. The van der Waals surface area contributed by atoms with Crippen LogP contribution in [0.1, 0.15) is 81.8 Å². The molecule has 0 aliphatic carbocycles. The number of nitrogens with zero attached hydrogens (tertiary/aromatic N) is 3. The maximum atomic E-state index is 17.0. The second-order valence-corrected chi connectivity index (χ2v) is 11.5. The van der Waals surface area contributed by atoms with E-state index in [-0.39, 0.29) is 0 Å². The quantitative estimate of drug-likeness (QED) is 0.172. The molecule has 0 fully saturated rings. The molecule has 1 unspecified atom stereocenters. The lowest BCUT2D eigenvalue weighted by Crippen LogP contribution is -2.65. The van der Waals surface area contributed by atoms with E-state index in [4.69, 9.17) is 0 Å². The van der Waals surface area contributed by atoms with Gasteiger partial charge in [0.25, 0.3) is 11.4 Å². The first-order valence-corrected chi connectivity index (χ1v) is 14.2. The van der Waals surface area contributed by atoms with Crippen LogP contribution in [0.5, 0.6) is 0 Å². The van der Waals surface area contributed by atoms with Crippen LogP contribution < -0.4 is 4.57 Å². The molecule has 0 bridgehead atoms. The van der Waals surface area contributed by atoms with E-state index >= 15 is 4.39 Å². The molecule has 1 aliphatic rings. The van der Waals surface area contributed by atoms with Gasteiger partial charge in [-0.1, -0.05) is 76.1 Å². The van der Waals surface area contributed by atoms with Gasteiger partial charge in [0.05, 0.1) is 10.8 Å². The summed E-state index contributed by atoms with van der Waals surface area (Å²) >= 11 is 0. The van der Waals surface area contributed by atoms with Crippen LogP contribution in [0.3, 0.4) is 0 Å². The molecule has 5 aromatic rings. The Morgan fingerprint density at radius 3 is 2.21 bits per heavy atom. The van der Waals surface area contributed by atoms with Crippen molar-refractivity contribution in [2.45, 2.75) is 85.9 Å². The number of halogens is 1. The highest BCUT2D eigenvalue weighted by molar-refractivity contribution is 6.19. The molecule has 3 nitrogen and oxygen atoms in total. The molecule has 2 aromatic heterocycles. The first-order valence-electron chi connectivity index (χ1n) is 14.2. The maximum absolute atomic E-state index is 17.0. The van der Waals surface area contributed by atoms with Crippen LogP contribution in [-0.4, -0.2) is 4.40 Å². The van der Waals surface area contributed by atoms with Gasteiger partial charge in [-0.2, -0.15) is 18.6 Å². The zero-order valence-corrected chi connectivity index (χ0v) is 24.5. The van der Waals surface area contributed by atoms with Gasteiger partial charge in [0.1, 0.15) is 11.6 Å². The number of fused-ring (bicyclic) bond motifs is 3. The third-order valence-corrected chi connectivity index (χ3v) is 9.09. The molecule has 0 radical (unpaired) electrons. The number of hydrogen-bond acceptors (Lipinski definition) is 1. The summed E-state index contributed by atoms with van der Waals surface area (Å²) in [6.45, 7) is 16.4. The third-order valence-electron chi connectivity index (χ3n) is 9.09. The van der Waals surface area contributed by atoms with E-state index in [9.17, 15) is 5.26 Å². The van der Waals surface area contributed by atoms with Gasteiger partial charge in [0.2, 0.25) is 5.69 Å². The van der Waals surface area contributed by atoms with E-state index < -0.39 is 11.2 Å². The number of benzene rings is 3. The van der Waals surface area contributed by atoms with Crippen molar-refractivity contribution >= 4 is 27.3 Å². The number of unbranched alkanes of at least 4 members (excludes halogenated alkanes) is 1. The number of imidazole rings is 1. The molecule has 0 spiro atoms. The fourth-order valence-electron chi connectivity index (χ4n) is 6.52. The molecule has 1 aliphatic heterocycles. The van der Waals surface area contributed by atoms with Gasteiger partial charge in [0.15, 0.2) is 6.20 Å². The summed E-state index contributed by atoms with van der Waals surface area (Å²) < 4.78 is 20.8. The summed E-state index contributed by atoms with van der Waals surface area (Å²) in [4.78, 5) is 0. The van der Waals surface area contributed by atoms with Gasteiger partial charge in [-0.3, -0.25) is 0 Å². The highest BCUT2D eigenvalue weighted by atomic mass is 19.1. The van der Waals surface area contributed by atoms with E-state index in [1.54, 1.807) is 11.5 Å². The van der Waals surface area contributed by atoms with E-state index in [0.717, 1.165) is 44.0 Å². The van der Waals surface area contributed by atoms with Gasteiger partial charge in [-0.05, 0) is 73.6 Å². The topological polar surface area (TPSA) is 32.1 Å². The van der Waals surface area contributed by atoms with Gasteiger partial charge < -0.3 is 0 Å². The number of pyridine rings is 1. The van der Waals surface area contributed by atoms with Crippen molar-refractivity contribution in [2.24, 2.45) is 0 Å². The fraction of sp³-hybridized carbons (Fsp3) is 0.371. The van der Waals surface area contributed by atoms with Crippen LogP contribution in [0.15, 0.2) is 54.7 Å². The normalized spacial score (nSPS) is 19.9. The monoisotopic (exact) mass is 520 g/mol. The molecule has 200 valence electrons. The molecule has 0 saturated heterocycles. The number of aryl methyl sites for hydroxylation is 3. The Hall–Kier alpha value is -3.71. The van der Waals surface area contributed by atoms with Gasteiger partial charge in [-0.25, -0.2) is 0 Å². The molecule has 39 heavy (non-hydrogen) atoms. The Morgan fingerprint density at radius 1 is 0.897 bits per heavy atom. The SMILES string of the molecule is CCC1(C)c2ccc(-c3ccccc3C)c3c4cc(C)cc(C)c4n4cc(C#N)[n+](c4c23)[C@@]1(C)F.CCCC. The van der Waals surface area contributed by atoms with E-state index in [0.29, 0.717) is 12.1 Å². The maximum Gasteiger partial charge on any atom is 0.298 e. The van der Waals surface area contributed by atoms with Crippen LogP contribution in [0.25, 0.3) is 38.4 Å². The van der Waals surface area contributed by atoms with E-state index in [1.807, 2.05) is 20.0 Å². The minimum atomic E-state index is -1.77. The minimum absolute atomic E-state index is 0.343. The minimum Gasteiger partial charge on any atom is -0.193 e. The van der Waals surface area contributed by atoms with Crippen LogP contribution in [0, 0.1) is 32.1 Å². The highest BCUT2D eigenvalue weighted by Crippen LogP contribution is 2.51. The van der Waals surface area contributed by atoms with Crippen LogP contribution in [0.4, 0.5) is 4.39 Å². The molecule has 0 N–H and O–H groups in total. The van der Waals surface area contributed by atoms with Crippen LogP contribution >= 0.6 is 0 Å². The smallest absolute Gasteiger partial charge is 0.193 e. The van der Waals surface area contributed by atoms with Crippen molar-refractivity contribution in [3.63, 3.8) is 0 Å². The fourth-order valence-corrected chi connectivity index (χ4v) is 6.52. The number of nitriles is 1. The summed E-state index contributed by atoms with van der Waals surface area (Å²) in [5.74, 6) is -1.77. The molecule has 3 heterocycles. The van der Waals surface area contributed by atoms with Gasteiger partial charge >= 0.3 is 0 Å². The molecule has 2 atom stereocenters. The standard InChI is InChI=1S/C31H29FN3.C4H10/c1-7-30(5)25-13-12-23(22-11-9-8-10-19(22)3)26-24-15-18(2)14-20(4)28(24)34-17-21(16-33)35(31(30,6)32)29(34)27(25)26;1-3-4-2/h8-15,17H,7H2,1-6H3;3-4H2,1-2H3/q+1;/t30?,31-;/m1./s1. The Balaban J connectivity index is 0.000000723. The molecular weight excluding hydrogens is 481 g/mol. The predicted octanol–water partition coefficient (Wildman–Crippen LogP) is 9.13. The second-order valence-electron chi connectivity index (χ2n) is 11.5. The van der Waals surface area contributed by atoms with E-state index in [2.05, 4.69) is 93.6 Å². The zero-order chi connectivity index (χ0) is 28.3. The van der Waals surface area contributed by atoms with Crippen molar-refractivity contribution in [2.75, 3.05) is 0 Å². The first kappa shape index (κ1) is 26.9. The van der Waals surface area contributed by atoms with Crippen molar-refractivity contribution in [3.8, 4) is 17.2 Å². The number of hydrogen-bond donors (Lipinski definition) is 0. The molecule has 0 amide bonds. The second kappa shape index (κ2) is 9.49. The summed E-state index contributed by atoms with van der Waals surface area (Å²) in [6, 6.07) is 19.5. The number of aromatic nitrogens is 2. The lowest BCUT2D eigenvalue weighted by Gasteiger charge is -2.41. The average Bonchev–Trinajstić information content (AvgIpc) is 3.32. The summed E-state index contributed by atoms with van der Waals surface area (Å²) in [5, 5.41) is 13.4. The highest BCUT2D eigenvalue weighted by Gasteiger charge is 2.57. The molecule has 0 saturated carbocycles. The molecular formula is C35H39FN3+. The molecule has 3 aromatic carbocycles. The van der Waals surface area contributed by atoms with E-state index in [1.165, 1.54) is 29.5 Å².